The van der Waals surface area contributed by atoms with Crippen LogP contribution in [0.2, 0.25) is 0 Å². The first-order chi connectivity index (χ1) is 15.6. The van der Waals surface area contributed by atoms with Crippen LogP contribution < -0.4 is 10.3 Å². The smallest absolute Gasteiger partial charge is 0.359 e. The maximum Gasteiger partial charge on any atom is 0.359 e. The van der Waals surface area contributed by atoms with Crippen LogP contribution in [0.15, 0.2) is 71.5 Å². The van der Waals surface area contributed by atoms with E-state index in [-0.39, 0.29) is 36.9 Å². The van der Waals surface area contributed by atoms with E-state index in [4.69, 9.17) is 9.47 Å². The lowest BCUT2D eigenvalue weighted by Gasteiger charge is -2.28. The summed E-state index contributed by atoms with van der Waals surface area (Å²) in [5, 5.41) is 4.05. The van der Waals surface area contributed by atoms with Gasteiger partial charge in [0.15, 0.2) is 12.3 Å². The average Bonchev–Trinajstić information content (AvgIpc) is 2.83. The summed E-state index contributed by atoms with van der Waals surface area (Å²) in [6.07, 6.45) is 0.771. The molecular formula is C24H23N3O5. The van der Waals surface area contributed by atoms with Crippen LogP contribution in [0.1, 0.15) is 21.6 Å². The van der Waals surface area contributed by atoms with Gasteiger partial charge in [0.2, 0.25) is 0 Å². The van der Waals surface area contributed by atoms with Crippen molar-refractivity contribution in [1.29, 1.82) is 0 Å². The van der Waals surface area contributed by atoms with Gasteiger partial charge >= 0.3 is 5.97 Å². The normalized spacial score (nSPS) is 12.7. The van der Waals surface area contributed by atoms with Gasteiger partial charge < -0.3 is 14.4 Å². The van der Waals surface area contributed by atoms with Gasteiger partial charge in [0, 0.05) is 19.2 Å². The van der Waals surface area contributed by atoms with E-state index < -0.39 is 5.97 Å². The van der Waals surface area contributed by atoms with E-state index in [1.165, 1.54) is 17.7 Å². The van der Waals surface area contributed by atoms with Crippen molar-refractivity contribution < 1.29 is 19.1 Å². The number of aromatic nitrogens is 2. The first kappa shape index (κ1) is 21.3. The summed E-state index contributed by atoms with van der Waals surface area (Å²) in [6, 6.07) is 19.7. The van der Waals surface area contributed by atoms with Crippen molar-refractivity contribution in [2.75, 3.05) is 19.8 Å². The van der Waals surface area contributed by atoms with Crippen LogP contribution >= 0.6 is 0 Å². The Morgan fingerprint density at radius 1 is 0.938 bits per heavy atom. The average molecular weight is 433 g/mol. The van der Waals surface area contributed by atoms with E-state index in [0.717, 1.165) is 16.7 Å². The molecule has 0 fully saturated rings. The third-order valence-corrected chi connectivity index (χ3v) is 5.20. The largest absolute Gasteiger partial charge is 0.492 e. The zero-order chi connectivity index (χ0) is 22.3. The highest BCUT2D eigenvalue weighted by atomic mass is 16.5. The molecule has 0 aliphatic carbocycles. The van der Waals surface area contributed by atoms with Crippen molar-refractivity contribution in [2.24, 2.45) is 0 Å². The second-order valence-electron chi connectivity index (χ2n) is 7.35. The Morgan fingerprint density at radius 3 is 2.50 bits per heavy atom. The van der Waals surface area contributed by atoms with E-state index in [1.54, 1.807) is 4.90 Å². The molecule has 2 aromatic carbocycles. The van der Waals surface area contributed by atoms with E-state index in [0.29, 0.717) is 18.8 Å². The molecule has 1 aliphatic heterocycles. The Bertz CT molecular complexity index is 1160. The molecule has 0 saturated heterocycles. The summed E-state index contributed by atoms with van der Waals surface area (Å²) in [4.78, 5) is 38.6. The predicted octanol–water partition coefficient (Wildman–Crippen LogP) is 2.06. The van der Waals surface area contributed by atoms with Crippen LogP contribution in [0.5, 0.6) is 5.75 Å². The Hall–Kier alpha value is -3.94. The number of carbonyl (C=O) groups is 2. The van der Waals surface area contributed by atoms with Crippen LogP contribution in [0.4, 0.5) is 0 Å². The number of fused-ring (bicyclic) bond motifs is 1. The lowest BCUT2D eigenvalue weighted by atomic mass is 10.00. The third-order valence-electron chi connectivity index (χ3n) is 5.20. The number of esters is 1. The molecule has 0 radical (unpaired) electrons. The molecule has 8 nitrogen and oxygen atoms in total. The van der Waals surface area contributed by atoms with E-state index in [1.807, 2.05) is 48.5 Å². The number of para-hydroxylation sites is 1. The molecule has 0 unspecified atom stereocenters. The number of benzene rings is 2. The highest BCUT2D eigenvalue weighted by Crippen LogP contribution is 2.18. The molecule has 3 aromatic rings. The van der Waals surface area contributed by atoms with E-state index in [2.05, 4.69) is 11.2 Å². The third kappa shape index (κ3) is 5.21. The lowest BCUT2D eigenvalue weighted by Crippen LogP contribution is -2.38. The van der Waals surface area contributed by atoms with E-state index >= 15 is 0 Å². The van der Waals surface area contributed by atoms with Gasteiger partial charge in [0.25, 0.3) is 11.5 Å². The molecule has 8 heteroatoms. The number of rotatable bonds is 7. The number of ether oxygens (including phenoxy) is 2. The maximum atomic E-state index is 12.5. The van der Waals surface area contributed by atoms with Gasteiger partial charge in [-0.1, -0.05) is 42.5 Å². The lowest BCUT2D eigenvalue weighted by molar-refractivity contribution is -0.135. The number of hydrogen-bond acceptors (Lipinski definition) is 6. The Morgan fingerprint density at radius 2 is 1.69 bits per heavy atom. The van der Waals surface area contributed by atoms with E-state index in [9.17, 15) is 14.4 Å². The molecule has 4 rings (SSSR count). The molecule has 1 aliphatic rings. The fourth-order valence-electron chi connectivity index (χ4n) is 3.49. The van der Waals surface area contributed by atoms with Gasteiger partial charge in [0.05, 0.1) is 6.54 Å². The van der Waals surface area contributed by atoms with Crippen LogP contribution in [0, 0.1) is 0 Å². The summed E-state index contributed by atoms with van der Waals surface area (Å²) in [7, 11) is 0. The number of nitrogens with zero attached hydrogens (tertiary/aromatic N) is 3. The molecular weight excluding hydrogens is 410 g/mol. The second kappa shape index (κ2) is 9.91. The fraction of sp³-hybridized carbons (Fsp3) is 0.250. The SMILES string of the molecule is O=C(OCC(=O)N1CCc2ccccc2C1)c1ccc(=O)n(CCOc2ccccc2)n1. The first-order valence-electron chi connectivity index (χ1n) is 10.4. The first-order valence-corrected chi connectivity index (χ1v) is 10.4. The quantitative estimate of drug-likeness (QED) is 0.530. The Labute approximate surface area is 185 Å². The zero-order valence-electron chi connectivity index (χ0n) is 17.5. The summed E-state index contributed by atoms with van der Waals surface area (Å²) in [6.45, 7) is 1.08. The predicted molar refractivity (Wildman–Crippen MR) is 116 cm³/mol. The molecule has 0 N–H and O–H groups in total. The van der Waals surface area contributed by atoms with Gasteiger partial charge in [-0.25, -0.2) is 9.48 Å². The minimum absolute atomic E-state index is 0.0406. The summed E-state index contributed by atoms with van der Waals surface area (Å²) in [5.41, 5.74) is 1.93. The minimum Gasteiger partial charge on any atom is -0.492 e. The van der Waals surface area contributed by atoms with Crippen LogP contribution in [0.25, 0.3) is 0 Å². The zero-order valence-corrected chi connectivity index (χ0v) is 17.5. The summed E-state index contributed by atoms with van der Waals surface area (Å²) < 4.78 is 11.9. The molecule has 0 spiro atoms. The van der Waals surface area contributed by atoms with Gasteiger partial charge in [-0.05, 0) is 35.7 Å². The molecule has 1 aromatic heterocycles. The fourth-order valence-corrected chi connectivity index (χ4v) is 3.49. The van der Waals surface area contributed by atoms with Gasteiger partial charge in [-0.3, -0.25) is 9.59 Å². The van der Waals surface area contributed by atoms with Crippen molar-refractivity contribution in [3.05, 3.63) is 93.9 Å². The standard InChI is InChI=1S/C24H23N3O5/c28-22-11-10-21(25-27(22)14-15-31-20-8-2-1-3-9-20)24(30)32-17-23(29)26-13-12-18-6-4-5-7-19(18)16-26/h1-11H,12-17H2. The molecule has 1 amide bonds. The molecule has 2 heterocycles. The Balaban J connectivity index is 1.31. The Kier molecular flexibility index (Phi) is 6.60. The molecule has 164 valence electrons. The van der Waals surface area contributed by atoms with Crippen molar-refractivity contribution in [2.45, 2.75) is 19.5 Å². The second-order valence-corrected chi connectivity index (χ2v) is 7.35. The number of hydrogen-bond donors (Lipinski definition) is 0. The molecule has 0 bridgehead atoms. The topological polar surface area (TPSA) is 90.7 Å². The van der Waals surface area contributed by atoms with Gasteiger partial charge in [-0.15, -0.1) is 0 Å². The van der Waals surface area contributed by atoms with Gasteiger partial charge in [-0.2, -0.15) is 5.10 Å². The van der Waals surface area contributed by atoms with Crippen LogP contribution in [-0.2, 0) is 29.0 Å². The van der Waals surface area contributed by atoms with Crippen molar-refractivity contribution >= 4 is 11.9 Å². The van der Waals surface area contributed by atoms with Crippen LogP contribution in [-0.4, -0.2) is 46.3 Å². The van der Waals surface area contributed by atoms with Gasteiger partial charge in [0.1, 0.15) is 12.4 Å². The number of carbonyl (C=O) groups excluding carboxylic acids is 2. The van der Waals surface area contributed by atoms with Crippen molar-refractivity contribution in [3.63, 3.8) is 0 Å². The monoisotopic (exact) mass is 433 g/mol. The highest BCUT2D eigenvalue weighted by Gasteiger charge is 2.22. The maximum absolute atomic E-state index is 12.5. The molecule has 0 atom stereocenters. The summed E-state index contributed by atoms with van der Waals surface area (Å²) >= 11 is 0. The number of amides is 1. The van der Waals surface area contributed by atoms with Crippen molar-refractivity contribution in [1.82, 2.24) is 14.7 Å². The van der Waals surface area contributed by atoms with Crippen LogP contribution in [0.3, 0.4) is 0 Å². The minimum atomic E-state index is -0.756. The highest BCUT2D eigenvalue weighted by molar-refractivity contribution is 5.89. The molecule has 0 saturated carbocycles. The summed E-state index contributed by atoms with van der Waals surface area (Å²) in [5.74, 6) is -0.346. The molecule has 32 heavy (non-hydrogen) atoms. The van der Waals surface area contributed by atoms with Crippen molar-refractivity contribution in [3.8, 4) is 5.75 Å².